The number of anilines is 1. The number of hydrogen-bond donors (Lipinski definition) is 2. The van der Waals surface area contributed by atoms with Gasteiger partial charge in [0.05, 0.1) is 6.61 Å². The molecule has 0 amide bonds. The van der Waals surface area contributed by atoms with Crippen molar-refractivity contribution in [1.82, 2.24) is 4.98 Å². The summed E-state index contributed by atoms with van der Waals surface area (Å²) in [7, 11) is 1.64. The van der Waals surface area contributed by atoms with Gasteiger partial charge in [-0.05, 0) is 13.0 Å². The quantitative estimate of drug-likeness (QED) is 0.539. The predicted octanol–water partition coefficient (Wildman–Crippen LogP) is 0.781. The average molecular weight is 197 g/mol. The van der Waals surface area contributed by atoms with Crippen LogP contribution in [-0.2, 0) is 4.74 Å². The summed E-state index contributed by atoms with van der Waals surface area (Å²) in [4.78, 5) is 3.96. The molecule has 1 aromatic heterocycles. The molecular weight excluding hydrogens is 182 g/mol. The van der Waals surface area contributed by atoms with Gasteiger partial charge in [-0.1, -0.05) is 0 Å². The maximum Gasteiger partial charge on any atom is 0.143 e. The number of nitrogens with zero attached hydrogens (tertiary/aromatic N) is 1. The van der Waals surface area contributed by atoms with Gasteiger partial charge in [0.2, 0.25) is 0 Å². The van der Waals surface area contributed by atoms with Crippen molar-refractivity contribution in [2.75, 3.05) is 19.1 Å². The van der Waals surface area contributed by atoms with Crippen molar-refractivity contribution in [2.24, 2.45) is 5.84 Å². The minimum absolute atomic E-state index is 0.00743. The molecule has 0 fully saturated rings. The predicted molar refractivity (Wildman–Crippen MR) is 54.0 cm³/mol. The fourth-order valence-electron chi connectivity index (χ4n) is 1.06. The van der Waals surface area contributed by atoms with Crippen LogP contribution >= 0.6 is 0 Å². The van der Waals surface area contributed by atoms with Crippen LogP contribution in [0, 0.1) is 0 Å². The molecule has 5 nitrogen and oxygen atoms in total. The first-order valence-electron chi connectivity index (χ1n) is 4.34. The number of hydrazine groups is 1. The van der Waals surface area contributed by atoms with E-state index in [0.717, 1.165) is 5.75 Å². The fourth-order valence-corrected chi connectivity index (χ4v) is 1.06. The highest BCUT2D eigenvalue weighted by atomic mass is 16.5. The van der Waals surface area contributed by atoms with Gasteiger partial charge in [-0.3, -0.25) is 0 Å². The molecule has 1 rings (SSSR count). The SMILES string of the molecule is COCC(C)Oc1ccnc(NN)c1. The van der Waals surface area contributed by atoms with Gasteiger partial charge in [0.15, 0.2) is 0 Å². The molecule has 3 N–H and O–H groups in total. The number of nitrogens with two attached hydrogens (primary N) is 1. The Morgan fingerprint density at radius 1 is 1.64 bits per heavy atom. The van der Waals surface area contributed by atoms with Crippen LogP contribution in [0.5, 0.6) is 5.75 Å². The van der Waals surface area contributed by atoms with Gasteiger partial charge in [0.1, 0.15) is 17.7 Å². The Kier molecular flexibility index (Phi) is 4.15. The van der Waals surface area contributed by atoms with Gasteiger partial charge in [0.25, 0.3) is 0 Å². The summed E-state index contributed by atoms with van der Waals surface area (Å²) < 4.78 is 10.5. The zero-order chi connectivity index (χ0) is 10.4. The summed E-state index contributed by atoms with van der Waals surface area (Å²) >= 11 is 0. The summed E-state index contributed by atoms with van der Waals surface area (Å²) in [6.45, 7) is 2.48. The molecule has 0 saturated heterocycles. The van der Waals surface area contributed by atoms with E-state index >= 15 is 0 Å². The second-order valence-corrected chi connectivity index (χ2v) is 2.90. The molecule has 1 atom stereocenters. The van der Waals surface area contributed by atoms with Crippen molar-refractivity contribution in [2.45, 2.75) is 13.0 Å². The van der Waals surface area contributed by atoms with Gasteiger partial charge in [-0.25, -0.2) is 10.8 Å². The smallest absolute Gasteiger partial charge is 0.143 e. The zero-order valence-corrected chi connectivity index (χ0v) is 8.36. The highest BCUT2D eigenvalue weighted by Crippen LogP contribution is 2.15. The fraction of sp³-hybridized carbons (Fsp3) is 0.444. The van der Waals surface area contributed by atoms with Crippen LogP contribution in [0.2, 0.25) is 0 Å². The van der Waals surface area contributed by atoms with Crippen molar-refractivity contribution in [3.8, 4) is 5.75 Å². The minimum atomic E-state index is 0.00743. The van der Waals surface area contributed by atoms with Crippen molar-refractivity contribution in [3.63, 3.8) is 0 Å². The van der Waals surface area contributed by atoms with Gasteiger partial charge in [-0.15, -0.1) is 0 Å². The Balaban J connectivity index is 2.57. The van der Waals surface area contributed by atoms with Crippen LogP contribution in [0.3, 0.4) is 0 Å². The molecule has 0 aliphatic heterocycles. The monoisotopic (exact) mass is 197 g/mol. The van der Waals surface area contributed by atoms with Crippen LogP contribution < -0.4 is 16.0 Å². The number of hydrogen-bond acceptors (Lipinski definition) is 5. The van der Waals surface area contributed by atoms with E-state index in [1.165, 1.54) is 0 Å². The summed E-state index contributed by atoms with van der Waals surface area (Å²) in [5.41, 5.74) is 2.45. The van der Waals surface area contributed by atoms with E-state index in [-0.39, 0.29) is 6.10 Å². The number of ether oxygens (including phenoxy) is 2. The Bertz CT molecular complexity index is 281. The van der Waals surface area contributed by atoms with Gasteiger partial charge >= 0.3 is 0 Å². The van der Waals surface area contributed by atoms with Crippen molar-refractivity contribution >= 4 is 5.82 Å². The second kappa shape index (κ2) is 5.41. The molecule has 5 heteroatoms. The molecule has 0 radical (unpaired) electrons. The third-order valence-corrected chi connectivity index (χ3v) is 1.62. The number of methoxy groups -OCH3 is 1. The van der Waals surface area contributed by atoms with Crippen LogP contribution in [0.25, 0.3) is 0 Å². The molecule has 1 heterocycles. The summed E-state index contributed by atoms with van der Waals surface area (Å²) in [5.74, 6) is 6.51. The van der Waals surface area contributed by atoms with E-state index in [9.17, 15) is 0 Å². The van der Waals surface area contributed by atoms with E-state index < -0.39 is 0 Å². The van der Waals surface area contributed by atoms with Gasteiger partial charge in [0, 0.05) is 19.4 Å². The highest BCUT2D eigenvalue weighted by Gasteiger charge is 2.03. The first-order valence-corrected chi connectivity index (χ1v) is 4.34. The molecule has 0 saturated carbocycles. The Morgan fingerprint density at radius 2 is 2.43 bits per heavy atom. The Morgan fingerprint density at radius 3 is 3.07 bits per heavy atom. The Labute approximate surface area is 83.2 Å². The standard InChI is InChI=1S/C9H15N3O2/c1-7(6-13-2)14-8-3-4-11-9(5-8)12-10/h3-5,7H,6,10H2,1-2H3,(H,11,12). The van der Waals surface area contributed by atoms with Gasteiger partial charge < -0.3 is 14.9 Å². The highest BCUT2D eigenvalue weighted by molar-refractivity contribution is 5.39. The van der Waals surface area contributed by atoms with E-state index in [2.05, 4.69) is 10.4 Å². The number of nitrogens with one attached hydrogen (secondary N) is 1. The molecule has 0 spiro atoms. The van der Waals surface area contributed by atoms with Crippen LogP contribution in [0.4, 0.5) is 5.82 Å². The largest absolute Gasteiger partial charge is 0.488 e. The van der Waals surface area contributed by atoms with Crippen molar-refractivity contribution < 1.29 is 9.47 Å². The number of pyridine rings is 1. The summed E-state index contributed by atoms with van der Waals surface area (Å²) in [6.07, 6.45) is 1.64. The maximum absolute atomic E-state index is 5.54. The molecule has 1 aromatic rings. The van der Waals surface area contributed by atoms with Crippen molar-refractivity contribution in [1.29, 1.82) is 0 Å². The van der Waals surface area contributed by atoms with E-state index in [4.69, 9.17) is 15.3 Å². The average Bonchev–Trinajstić information content (AvgIpc) is 2.18. The third-order valence-electron chi connectivity index (χ3n) is 1.62. The lowest BCUT2D eigenvalue weighted by Crippen LogP contribution is -2.18. The van der Waals surface area contributed by atoms with Crippen LogP contribution in [0.15, 0.2) is 18.3 Å². The first kappa shape index (κ1) is 10.7. The number of nitrogen functional groups attached to an aromatic ring is 1. The molecular formula is C9H15N3O2. The molecule has 0 aliphatic carbocycles. The van der Waals surface area contributed by atoms with E-state index in [0.29, 0.717) is 12.4 Å². The summed E-state index contributed by atoms with van der Waals surface area (Å²) in [6, 6.07) is 3.50. The van der Waals surface area contributed by atoms with E-state index in [1.807, 2.05) is 6.92 Å². The molecule has 78 valence electrons. The lowest BCUT2D eigenvalue weighted by Gasteiger charge is -2.13. The molecule has 0 aromatic carbocycles. The maximum atomic E-state index is 5.54. The topological polar surface area (TPSA) is 69.4 Å². The zero-order valence-electron chi connectivity index (χ0n) is 8.36. The Hall–Kier alpha value is -1.33. The number of aromatic nitrogens is 1. The molecule has 1 unspecified atom stereocenters. The minimum Gasteiger partial charge on any atom is -0.488 e. The lowest BCUT2D eigenvalue weighted by molar-refractivity contribution is 0.0921. The first-order chi connectivity index (χ1) is 6.76. The summed E-state index contributed by atoms with van der Waals surface area (Å²) in [5, 5.41) is 0. The van der Waals surface area contributed by atoms with Crippen LogP contribution in [0.1, 0.15) is 6.92 Å². The number of rotatable bonds is 5. The normalized spacial score (nSPS) is 12.2. The molecule has 14 heavy (non-hydrogen) atoms. The lowest BCUT2D eigenvalue weighted by atomic mass is 10.4. The molecule has 0 bridgehead atoms. The second-order valence-electron chi connectivity index (χ2n) is 2.90. The van der Waals surface area contributed by atoms with Crippen LogP contribution in [-0.4, -0.2) is 24.8 Å². The van der Waals surface area contributed by atoms with E-state index in [1.54, 1.807) is 25.4 Å². The third kappa shape index (κ3) is 3.20. The van der Waals surface area contributed by atoms with Gasteiger partial charge in [-0.2, -0.15) is 0 Å². The van der Waals surface area contributed by atoms with Crippen molar-refractivity contribution in [3.05, 3.63) is 18.3 Å². The molecule has 0 aliphatic rings.